The van der Waals surface area contributed by atoms with Crippen molar-refractivity contribution in [3.63, 3.8) is 0 Å². The summed E-state index contributed by atoms with van der Waals surface area (Å²) in [5.74, 6) is -0.0606. The minimum absolute atomic E-state index is 0.0606. The lowest BCUT2D eigenvalue weighted by Gasteiger charge is -2.20. The number of nitrogens with two attached hydrogens (primary N) is 1. The van der Waals surface area contributed by atoms with Gasteiger partial charge in [-0.15, -0.1) is 0 Å². The Balaban J connectivity index is 2.61. The molecule has 4 N–H and O–H groups in total. The van der Waals surface area contributed by atoms with Crippen LogP contribution >= 0.6 is 0 Å². The maximum absolute atomic E-state index is 11.6. The molecule has 1 amide bonds. The lowest BCUT2D eigenvalue weighted by Crippen LogP contribution is -2.37. The predicted molar refractivity (Wildman–Crippen MR) is 52.3 cm³/mol. The summed E-state index contributed by atoms with van der Waals surface area (Å²) in [4.78, 5) is 14.4. The molecule has 0 aromatic carbocycles. The number of hydrogen-bond donors (Lipinski definition) is 3. The van der Waals surface area contributed by atoms with Gasteiger partial charge in [0.15, 0.2) is 0 Å². The smallest absolute Gasteiger partial charge is 0.231 e. The van der Waals surface area contributed by atoms with Gasteiger partial charge in [-0.1, -0.05) is 0 Å². The molecular formula is C9H15N3O. The average Bonchev–Trinajstić information content (AvgIpc) is 2.57. The number of amides is 1. The molecule has 1 heterocycles. The topological polar surface area (TPSA) is 70.9 Å². The van der Waals surface area contributed by atoms with E-state index in [1.165, 1.54) is 0 Å². The van der Waals surface area contributed by atoms with E-state index in [0.717, 1.165) is 5.69 Å². The Morgan fingerprint density at radius 1 is 1.69 bits per heavy atom. The first kappa shape index (κ1) is 9.80. The van der Waals surface area contributed by atoms with Gasteiger partial charge in [0.2, 0.25) is 5.91 Å². The lowest BCUT2D eigenvalue weighted by atomic mass is 9.93. The monoisotopic (exact) mass is 181 g/mol. The summed E-state index contributed by atoms with van der Waals surface area (Å²) < 4.78 is 0. The van der Waals surface area contributed by atoms with Gasteiger partial charge in [-0.25, -0.2) is 0 Å². The van der Waals surface area contributed by atoms with Crippen molar-refractivity contribution in [1.82, 2.24) is 4.98 Å². The molecule has 13 heavy (non-hydrogen) atoms. The van der Waals surface area contributed by atoms with Gasteiger partial charge in [0, 0.05) is 18.9 Å². The molecule has 0 radical (unpaired) electrons. The molecule has 0 aliphatic heterocycles. The second-order valence-electron chi connectivity index (χ2n) is 3.64. The van der Waals surface area contributed by atoms with Crippen LogP contribution in [0.25, 0.3) is 0 Å². The summed E-state index contributed by atoms with van der Waals surface area (Å²) >= 11 is 0. The fraction of sp³-hybridized carbons (Fsp3) is 0.444. The molecule has 0 bridgehead atoms. The SMILES string of the molecule is CC(C)(CN)C(=O)Nc1cc[nH]c1. The van der Waals surface area contributed by atoms with Crippen LogP contribution in [-0.4, -0.2) is 17.4 Å². The van der Waals surface area contributed by atoms with Crippen molar-refractivity contribution < 1.29 is 4.79 Å². The molecule has 1 rings (SSSR count). The Morgan fingerprint density at radius 3 is 2.85 bits per heavy atom. The highest BCUT2D eigenvalue weighted by Crippen LogP contribution is 2.16. The van der Waals surface area contributed by atoms with Gasteiger partial charge in [-0.2, -0.15) is 0 Å². The molecule has 0 saturated heterocycles. The fourth-order valence-corrected chi connectivity index (χ4v) is 0.795. The number of carbonyl (C=O) groups excluding carboxylic acids is 1. The van der Waals surface area contributed by atoms with E-state index < -0.39 is 5.41 Å². The second-order valence-corrected chi connectivity index (χ2v) is 3.64. The largest absolute Gasteiger partial charge is 0.366 e. The van der Waals surface area contributed by atoms with Crippen molar-refractivity contribution in [2.24, 2.45) is 11.1 Å². The number of rotatable bonds is 3. The van der Waals surface area contributed by atoms with Crippen LogP contribution in [-0.2, 0) is 4.79 Å². The van der Waals surface area contributed by atoms with Crippen LogP contribution in [0.4, 0.5) is 5.69 Å². The summed E-state index contributed by atoms with van der Waals surface area (Å²) in [6.07, 6.45) is 3.48. The normalized spacial score (nSPS) is 11.3. The van der Waals surface area contributed by atoms with Crippen molar-refractivity contribution in [3.8, 4) is 0 Å². The van der Waals surface area contributed by atoms with E-state index in [-0.39, 0.29) is 5.91 Å². The van der Waals surface area contributed by atoms with Crippen molar-refractivity contribution in [3.05, 3.63) is 18.5 Å². The standard InChI is InChI=1S/C9H15N3O/c1-9(2,6-10)8(13)12-7-3-4-11-5-7/h3-5,11H,6,10H2,1-2H3,(H,12,13). The van der Waals surface area contributed by atoms with Crippen LogP contribution in [0.15, 0.2) is 18.5 Å². The van der Waals surface area contributed by atoms with E-state index in [0.29, 0.717) is 6.54 Å². The molecule has 1 aromatic heterocycles. The maximum Gasteiger partial charge on any atom is 0.231 e. The van der Waals surface area contributed by atoms with E-state index in [1.807, 2.05) is 13.8 Å². The Kier molecular flexibility index (Phi) is 2.72. The van der Waals surface area contributed by atoms with E-state index in [4.69, 9.17) is 5.73 Å². The number of carbonyl (C=O) groups is 1. The first-order chi connectivity index (χ1) is 6.06. The van der Waals surface area contributed by atoms with Gasteiger partial charge in [-0.3, -0.25) is 4.79 Å². The first-order valence-electron chi connectivity index (χ1n) is 4.20. The molecule has 0 atom stereocenters. The molecule has 0 saturated carbocycles. The molecule has 1 aromatic rings. The van der Waals surface area contributed by atoms with Gasteiger partial charge < -0.3 is 16.0 Å². The highest BCUT2D eigenvalue weighted by molar-refractivity contribution is 5.94. The average molecular weight is 181 g/mol. The Labute approximate surface area is 77.5 Å². The zero-order valence-electron chi connectivity index (χ0n) is 7.92. The van der Waals surface area contributed by atoms with E-state index in [2.05, 4.69) is 10.3 Å². The van der Waals surface area contributed by atoms with Crippen LogP contribution in [0.2, 0.25) is 0 Å². The number of aromatic nitrogens is 1. The second kappa shape index (κ2) is 3.62. The third-order valence-corrected chi connectivity index (χ3v) is 1.98. The number of hydrogen-bond acceptors (Lipinski definition) is 2. The molecule has 72 valence electrons. The van der Waals surface area contributed by atoms with Gasteiger partial charge in [0.05, 0.1) is 11.1 Å². The lowest BCUT2D eigenvalue weighted by molar-refractivity contribution is -0.123. The van der Waals surface area contributed by atoms with E-state index in [9.17, 15) is 4.79 Å². The predicted octanol–water partition coefficient (Wildman–Crippen LogP) is 0.938. The molecule has 4 nitrogen and oxygen atoms in total. The molecule has 0 unspecified atom stereocenters. The highest BCUT2D eigenvalue weighted by atomic mass is 16.2. The van der Waals surface area contributed by atoms with Crippen LogP contribution in [0, 0.1) is 5.41 Å². The van der Waals surface area contributed by atoms with Crippen LogP contribution in [0.3, 0.4) is 0 Å². The number of anilines is 1. The molecule has 0 fully saturated rings. The number of aromatic amines is 1. The van der Waals surface area contributed by atoms with Crippen molar-refractivity contribution in [1.29, 1.82) is 0 Å². The summed E-state index contributed by atoms with van der Waals surface area (Å²) in [6.45, 7) is 3.97. The minimum atomic E-state index is -0.517. The van der Waals surface area contributed by atoms with Crippen molar-refractivity contribution >= 4 is 11.6 Å². The third kappa shape index (κ3) is 2.32. The first-order valence-corrected chi connectivity index (χ1v) is 4.20. The minimum Gasteiger partial charge on any atom is -0.366 e. The molecule has 0 aliphatic carbocycles. The zero-order chi connectivity index (χ0) is 9.90. The Morgan fingerprint density at radius 2 is 2.38 bits per heavy atom. The Bertz CT molecular complexity index is 277. The maximum atomic E-state index is 11.6. The molecule has 0 aliphatic rings. The fourth-order valence-electron chi connectivity index (χ4n) is 0.795. The zero-order valence-corrected chi connectivity index (χ0v) is 7.92. The summed E-state index contributed by atoms with van der Waals surface area (Å²) in [6, 6.07) is 1.80. The molecule has 4 heteroatoms. The molecular weight excluding hydrogens is 166 g/mol. The van der Waals surface area contributed by atoms with Gasteiger partial charge in [-0.05, 0) is 19.9 Å². The third-order valence-electron chi connectivity index (χ3n) is 1.98. The summed E-state index contributed by atoms with van der Waals surface area (Å²) in [7, 11) is 0. The quantitative estimate of drug-likeness (QED) is 0.649. The summed E-state index contributed by atoms with van der Waals surface area (Å²) in [5, 5.41) is 2.76. The van der Waals surface area contributed by atoms with Crippen LogP contribution in [0.5, 0.6) is 0 Å². The van der Waals surface area contributed by atoms with Crippen LogP contribution < -0.4 is 11.1 Å². The van der Waals surface area contributed by atoms with Crippen molar-refractivity contribution in [2.75, 3.05) is 11.9 Å². The Hall–Kier alpha value is -1.29. The number of nitrogens with one attached hydrogen (secondary N) is 2. The van der Waals surface area contributed by atoms with Crippen LogP contribution in [0.1, 0.15) is 13.8 Å². The van der Waals surface area contributed by atoms with Gasteiger partial charge in [0.25, 0.3) is 0 Å². The van der Waals surface area contributed by atoms with Gasteiger partial charge >= 0.3 is 0 Å². The van der Waals surface area contributed by atoms with Crippen molar-refractivity contribution in [2.45, 2.75) is 13.8 Å². The highest BCUT2D eigenvalue weighted by Gasteiger charge is 2.25. The van der Waals surface area contributed by atoms with E-state index >= 15 is 0 Å². The van der Waals surface area contributed by atoms with Gasteiger partial charge in [0.1, 0.15) is 0 Å². The summed E-state index contributed by atoms with van der Waals surface area (Å²) in [5.41, 5.74) is 5.72. The van der Waals surface area contributed by atoms with E-state index in [1.54, 1.807) is 18.5 Å². The molecule has 0 spiro atoms. The number of H-pyrrole nitrogens is 1.